The maximum Gasteiger partial charge on any atom is 0.140 e. The Morgan fingerprint density at radius 1 is 1.59 bits per heavy atom. The van der Waals surface area contributed by atoms with E-state index in [2.05, 4.69) is 5.10 Å². The van der Waals surface area contributed by atoms with Gasteiger partial charge in [-0.2, -0.15) is 5.10 Å². The average Bonchev–Trinajstić information content (AvgIpc) is 2.79. The number of ketones is 1. The van der Waals surface area contributed by atoms with Crippen LogP contribution in [0.25, 0.3) is 0 Å². The van der Waals surface area contributed by atoms with Crippen LogP contribution in [0, 0.1) is 12.8 Å². The summed E-state index contributed by atoms with van der Waals surface area (Å²) < 4.78 is 1.61. The van der Waals surface area contributed by atoms with Crippen LogP contribution in [-0.2, 0) is 18.3 Å². The van der Waals surface area contributed by atoms with Gasteiger partial charge in [-0.1, -0.05) is 11.6 Å². The summed E-state index contributed by atoms with van der Waals surface area (Å²) in [6, 6.07) is 0.189. The summed E-state index contributed by atoms with van der Waals surface area (Å²) in [6.07, 6.45) is 3.07. The van der Waals surface area contributed by atoms with Crippen molar-refractivity contribution in [3.63, 3.8) is 0 Å². The minimum Gasteiger partial charge on any atom is -0.328 e. The van der Waals surface area contributed by atoms with Gasteiger partial charge < -0.3 is 5.73 Å². The molecule has 0 amide bonds. The van der Waals surface area contributed by atoms with Crippen LogP contribution < -0.4 is 5.73 Å². The van der Waals surface area contributed by atoms with Crippen LogP contribution in [0.2, 0.25) is 5.15 Å². The molecule has 0 aliphatic heterocycles. The smallest absolute Gasteiger partial charge is 0.140 e. The van der Waals surface area contributed by atoms with Crippen LogP contribution in [0.5, 0.6) is 0 Å². The lowest BCUT2D eigenvalue weighted by molar-refractivity contribution is -0.122. The van der Waals surface area contributed by atoms with Gasteiger partial charge in [0.05, 0.1) is 5.69 Å². The zero-order valence-electron chi connectivity index (χ0n) is 10.2. The van der Waals surface area contributed by atoms with Crippen LogP contribution in [-0.4, -0.2) is 21.6 Å². The number of Topliss-reactive ketones (excluding diaryl/α,β-unsaturated/α-hetero) is 1. The molecule has 5 heteroatoms. The summed E-state index contributed by atoms with van der Waals surface area (Å²) in [6.45, 7) is 1.88. The summed E-state index contributed by atoms with van der Waals surface area (Å²) in [7, 11) is 1.79. The van der Waals surface area contributed by atoms with Crippen LogP contribution in [0.1, 0.15) is 30.5 Å². The molecular weight excluding hydrogens is 238 g/mol. The molecular formula is C12H18ClN3O. The van der Waals surface area contributed by atoms with E-state index >= 15 is 0 Å². The van der Waals surface area contributed by atoms with E-state index in [1.807, 2.05) is 6.92 Å². The van der Waals surface area contributed by atoms with Gasteiger partial charge in [0.1, 0.15) is 10.9 Å². The molecule has 2 unspecified atom stereocenters. The number of carbonyl (C=O) groups is 1. The first-order valence-corrected chi connectivity index (χ1v) is 6.33. The van der Waals surface area contributed by atoms with E-state index in [4.69, 9.17) is 17.3 Å². The number of hydrogen-bond donors (Lipinski definition) is 1. The number of rotatable bonds is 3. The molecule has 0 aromatic carbocycles. The van der Waals surface area contributed by atoms with E-state index in [0.29, 0.717) is 11.6 Å². The average molecular weight is 256 g/mol. The van der Waals surface area contributed by atoms with Gasteiger partial charge in [0, 0.05) is 31.0 Å². The molecule has 1 aromatic rings. The SMILES string of the molecule is Cc1nn(C)c(Cl)c1CC(=O)C1CCC(N)C1. The van der Waals surface area contributed by atoms with E-state index in [0.717, 1.165) is 30.5 Å². The molecule has 1 aliphatic carbocycles. The third kappa shape index (κ3) is 2.53. The first-order chi connectivity index (χ1) is 7.99. The van der Waals surface area contributed by atoms with Crippen molar-refractivity contribution >= 4 is 17.4 Å². The van der Waals surface area contributed by atoms with Gasteiger partial charge in [-0.15, -0.1) is 0 Å². The molecule has 1 aromatic heterocycles. The highest BCUT2D eigenvalue weighted by Crippen LogP contribution is 2.28. The highest BCUT2D eigenvalue weighted by Gasteiger charge is 2.28. The van der Waals surface area contributed by atoms with E-state index in [1.54, 1.807) is 11.7 Å². The lowest BCUT2D eigenvalue weighted by atomic mass is 9.97. The van der Waals surface area contributed by atoms with Crippen LogP contribution in [0.4, 0.5) is 0 Å². The van der Waals surface area contributed by atoms with Crippen molar-refractivity contribution < 1.29 is 4.79 Å². The van der Waals surface area contributed by atoms with Crippen molar-refractivity contribution in [2.45, 2.75) is 38.6 Å². The number of nitrogens with zero attached hydrogens (tertiary/aromatic N) is 2. The molecule has 2 rings (SSSR count). The fourth-order valence-electron chi connectivity index (χ4n) is 2.50. The summed E-state index contributed by atoms with van der Waals surface area (Å²) in [5, 5.41) is 4.78. The van der Waals surface area contributed by atoms with Crippen LogP contribution in [0.3, 0.4) is 0 Å². The van der Waals surface area contributed by atoms with E-state index in [9.17, 15) is 4.79 Å². The molecule has 0 bridgehead atoms. The molecule has 1 fully saturated rings. The van der Waals surface area contributed by atoms with Gasteiger partial charge in [0.25, 0.3) is 0 Å². The number of halogens is 1. The van der Waals surface area contributed by atoms with Crippen LogP contribution in [0.15, 0.2) is 0 Å². The highest BCUT2D eigenvalue weighted by atomic mass is 35.5. The fraction of sp³-hybridized carbons (Fsp3) is 0.667. The van der Waals surface area contributed by atoms with Crippen molar-refractivity contribution in [3.05, 3.63) is 16.4 Å². The third-order valence-electron chi connectivity index (χ3n) is 3.55. The van der Waals surface area contributed by atoms with E-state index in [-0.39, 0.29) is 17.7 Å². The summed E-state index contributed by atoms with van der Waals surface area (Å²) in [4.78, 5) is 12.1. The van der Waals surface area contributed by atoms with Crippen molar-refractivity contribution in [3.8, 4) is 0 Å². The Morgan fingerprint density at radius 3 is 2.76 bits per heavy atom. The number of aryl methyl sites for hydroxylation is 2. The summed E-state index contributed by atoms with van der Waals surface area (Å²) in [5.74, 6) is 0.358. The van der Waals surface area contributed by atoms with Gasteiger partial charge in [0.15, 0.2) is 0 Å². The highest BCUT2D eigenvalue weighted by molar-refractivity contribution is 6.30. The standard InChI is InChI=1S/C12H18ClN3O/c1-7-10(12(13)16(2)15-7)6-11(17)8-3-4-9(14)5-8/h8-9H,3-6,14H2,1-2H3. The predicted octanol–water partition coefficient (Wildman–Crippen LogP) is 1.62. The van der Waals surface area contributed by atoms with Gasteiger partial charge in [-0.05, 0) is 26.2 Å². The summed E-state index contributed by atoms with van der Waals surface area (Å²) >= 11 is 6.12. The second-order valence-corrected chi connectivity index (χ2v) is 5.25. The summed E-state index contributed by atoms with van der Waals surface area (Å²) in [5.41, 5.74) is 7.53. The van der Waals surface area contributed by atoms with Gasteiger partial charge in [0.2, 0.25) is 0 Å². The Balaban J connectivity index is 2.08. The largest absolute Gasteiger partial charge is 0.328 e. The maximum absolute atomic E-state index is 12.1. The number of aromatic nitrogens is 2. The topological polar surface area (TPSA) is 60.9 Å². The Labute approximate surface area is 106 Å². The molecule has 0 saturated heterocycles. The first-order valence-electron chi connectivity index (χ1n) is 5.95. The molecule has 2 N–H and O–H groups in total. The number of nitrogens with two attached hydrogens (primary N) is 1. The molecule has 17 heavy (non-hydrogen) atoms. The zero-order chi connectivity index (χ0) is 12.6. The second kappa shape index (κ2) is 4.78. The third-order valence-corrected chi connectivity index (χ3v) is 4.02. The van der Waals surface area contributed by atoms with Crippen molar-refractivity contribution in [1.82, 2.24) is 9.78 Å². The Bertz CT molecular complexity index is 441. The Kier molecular flexibility index (Phi) is 3.54. The maximum atomic E-state index is 12.1. The molecule has 1 saturated carbocycles. The van der Waals surface area contributed by atoms with Crippen molar-refractivity contribution in [2.24, 2.45) is 18.7 Å². The number of carbonyl (C=O) groups excluding carboxylic acids is 1. The molecule has 94 valence electrons. The van der Waals surface area contributed by atoms with Gasteiger partial charge in [-0.25, -0.2) is 0 Å². The van der Waals surface area contributed by atoms with Crippen LogP contribution >= 0.6 is 11.6 Å². The van der Waals surface area contributed by atoms with Crippen molar-refractivity contribution in [2.75, 3.05) is 0 Å². The molecule has 0 radical (unpaired) electrons. The van der Waals surface area contributed by atoms with Gasteiger partial charge >= 0.3 is 0 Å². The van der Waals surface area contributed by atoms with Gasteiger partial charge in [-0.3, -0.25) is 9.48 Å². The quantitative estimate of drug-likeness (QED) is 0.893. The molecule has 2 atom stereocenters. The second-order valence-electron chi connectivity index (χ2n) is 4.89. The number of hydrogen-bond acceptors (Lipinski definition) is 3. The minimum atomic E-state index is 0.112. The lowest BCUT2D eigenvalue weighted by Gasteiger charge is -2.08. The minimum absolute atomic E-state index is 0.112. The van der Waals surface area contributed by atoms with Crippen molar-refractivity contribution in [1.29, 1.82) is 0 Å². The zero-order valence-corrected chi connectivity index (χ0v) is 11.0. The Morgan fingerprint density at radius 2 is 2.29 bits per heavy atom. The predicted molar refractivity (Wildman–Crippen MR) is 67.0 cm³/mol. The molecule has 0 spiro atoms. The molecule has 1 aliphatic rings. The normalized spacial score (nSPS) is 24.2. The molecule has 1 heterocycles. The van der Waals surface area contributed by atoms with E-state index < -0.39 is 0 Å². The lowest BCUT2D eigenvalue weighted by Crippen LogP contribution is -2.19. The van der Waals surface area contributed by atoms with E-state index in [1.165, 1.54) is 0 Å². The molecule has 4 nitrogen and oxygen atoms in total. The Hall–Kier alpha value is -0.870. The monoisotopic (exact) mass is 255 g/mol. The first kappa shape index (κ1) is 12.6. The fourth-order valence-corrected chi connectivity index (χ4v) is 2.74.